The first-order valence-corrected chi connectivity index (χ1v) is 7.48. The molecule has 1 aromatic rings. The van der Waals surface area contributed by atoms with E-state index in [1.54, 1.807) is 0 Å². The highest BCUT2D eigenvalue weighted by atomic mass is 35.5. The topological polar surface area (TPSA) is 12.0 Å². The molecule has 0 heterocycles. The first-order chi connectivity index (χ1) is 8.58. The zero-order valence-corrected chi connectivity index (χ0v) is 12.4. The Morgan fingerprint density at radius 1 is 1.22 bits per heavy atom. The average Bonchev–Trinajstić information content (AvgIpc) is 2.34. The van der Waals surface area contributed by atoms with Crippen molar-refractivity contribution in [2.45, 2.75) is 52.5 Å². The Morgan fingerprint density at radius 3 is 2.61 bits per heavy atom. The monoisotopic (exact) mass is 265 g/mol. The van der Waals surface area contributed by atoms with Crippen LogP contribution in [0.4, 0.5) is 5.69 Å². The van der Waals surface area contributed by atoms with Gasteiger partial charge in [0, 0.05) is 16.8 Å². The molecular weight excluding hydrogens is 242 g/mol. The predicted octanol–water partition coefficient (Wildman–Crippen LogP) is 5.28. The third kappa shape index (κ3) is 3.20. The highest BCUT2D eigenvalue weighted by Gasteiger charge is 2.27. The van der Waals surface area contributed by atoms with Gasteiger partial charge in [0.05, 0.1) is 0 Å². The van der Waals surface area contributed by atoms with E-state index in [2.05, 4.69) is 37.4 Å². The molecule has 1 aromatic carbocycles. The molecule has 0 radical (unpaired) electrons. The van der Waals surface area contributed by atoms with Crippen molar-refractivity contribution in [1.82, 2.24) is 0 Å². The lowest BCUT2D eigenvalue weighted by Gasteiger charge is -2.35. The first kappa shape index (κ1) is 13.7. The Labute approximate surface area is 116 Å². The van der Waals surface area contributed by atoms with Crippen molar-refractivity contribution in [3.63, 3.8) is 0 Å². The normalized spacial score (nSPS) is 24.3. The zero-order valence-electron chi connectivity index (χ0n) is 11.7. The SMILES string of the molecule is Cc1ccc(NC2CCCCC2C(C)C)cc1Cl. The minimum atomic E-state index is 0.609. The molecule has 2 heteroatoms. The van der Waals surface area contributed by atoms with Crippen LogP contribution in [0.2, 0.25) is 5.02 Å². The van der Waals surface area contributed by atoms with Crippen LogP contribution in [0.3, 0.4) is 0 Å². The Balaban J connectivity index is 2.08. The molecular formula is C16H24ClN. The maximum Gasteiger partial charge on any atom is 0.0455 e. The van der Waals surface area contributed by atoms with Gasteiger partial charge in [0.25, 0.3) is 0 Å². The summed E-state index contributed by atoms with van der Waals surface area (Å²) in [4.78, 5) is 0. The standard InChI is InChI=1S/C16H24ClN/c1-11(2)14-6-4-5-7-16(14)18-13-9-8-12(3)15(17)10-13/h8-11,14,16,18H,4-7H2,1-3H3. The summed E-state index contributed by atoms with van der Waals surface area (Å²) < 4.78 is 0. The fraction of sp³-hybridized carbons (Fsp3) is 0.625. The Morgan fingerprint density at radius 2 is 1.94 bits per heavy atom. The summed E-state index contributed by atoms with van der Waals surface area (Å²) in [5, 5.41) is 4.55. The molecule has 0 aliphatic heterocycles. The van der Waals surface area contributed by atoms with E-state index in [-0.39, 0.29) is 0 Å². The summed E-state index contributed by atoms with van der Waals surface area (Å²) >= 11 is 6.19. The third-order valence-corrected chi connectivity index (χ3v) is 4.61. The van der Waals surface area contributed by atoms with Gasteiger partial charge in [0.2, 0.25) is 0 Å². The molecule has 1 nitrogen and oxygen atoms in total. The number of halogens is 1. The molecule has 0 saturated heterocycles. The third-order valence-electron chi connectivity index (χ3n) is 4.20. The van der Waals surface area contributed by atoms with E-state index in [4.69, 9.17) is 11.6 Å². The van der Waals surface area contributed by atoms with E-state index in [0.717, 1.165) is 22.4 Å². The van der Waals surface area contributed by atoms with Crippen molar-refractivity contribution < 1.29 is 0 Å². The van der Waals surface area contributed by atoms with Crippen molar-refractivity contribution in [2.24, 2.45) is 11.8 Å². The van der Waals surface area contributed by atoms with E-state index in [0.29, 0.717) is 6.04 Å². The smallest absolute Gasteiger partial charge is 0.0455 e. The Bertz CT molecular complexity index is 400. The lowest BCUT2D eigenvalue weighted by molar-refractivity contribution is 0.254. The van der Waals surface area contributed by atoms with E-state index in [1.807, 2.05) is 6.92 Å². The van der Waals surface area contributed by atoms with Crippen LogP contribution < -0.4 is 5.32 Å². The molecule has 0 aromatic heterocycles. The molecule has 2 unspecified atom stereocenters. The molecule has 18 heavy (non-hydrogen) atoms. The van der Waals surface area contributed by atoms with Crippen LogP contribution in [-0.4, -0.2) is 6.04 Å². The number of rotatable bonds is 3. The number of aryl methyl sites for hydroxylation is 1. The second kappa shape index (κ2) is 5.97. The van der Waals surface area contributed by atoms with Gasteiger partial charge in [-0.05, 0) is 49.3 Å². The van der Waals surface area contributed by atoms with Crippen molar-refractivity contribution in [2.75, 3.05) is 5.32 Å². The Kier molecular flexibility index (Phi) is 4.55. The van der Waals surface area contributed by atoms with Crippen molar-refractivity contribution in [3.8, 4) is 0 Å². The maximum absolute atomic E-state index is 6.19. The molecule has 2 rings (SSSR count). The van der Waals surface area contributed by atoms with E-state index in [1.165, 1.54) is 31.4 Å². The molecule has 0 spiro atoms. The predicted molar refractivity (Wildman–Crippen MR) is 80.4 cm³/mol. The quantitative estimate of drug-likeness (QED) is 0.785. The van der Waals surface area contributed by atoms with Crippen LogP contribution in [0, 0.1) is 18.8 Å². The van der Waals surface area contributed by atoms with Gasteiger partial charge in [-0.1, -0.05) is 44.4 Å². The minimum absolute atomic E-state index is 0.609. The largest absolute Gasteiger partial charge is 0.382 e. The van der Waals surface area contributed by atoms with Gasteiger partial charge in [0.1, 0.15) is 0 Å². The molecule has 1 N–H and O–H groups in total. The van der Waals surface area contributed by atoms with Gasteiger partial charge >= 0.3 is 0 Å². The van der Waals surface area contributed by atoms with Crippen molar-refractivity contribution >= 4 is 17.3 Å². The van der Waals surface area contributed by atoms with Crippen molar-refractivity contribution in [3.05, 3.63) is 28.8 Å². The molecule has 2 atom stereocenters. The molecule has 0 bridgehead atoms. The summed E-state index contributed by atoms with van der Waals surface area (Å²) in [6, 6.07) is 6.91. The van der Waals surface area contributed by atoms with Crippen LogP contribution >= 0.6 is 11.6 Å². The highest BCUT2D eigenvalue weighted by molar-refractivity contribution is 6.31. The molecule has 1 aliphatic rings. The van der Waals surface area contributed by atoms with E-state index >= 15 is 0 Å². The summed E-state index contributed by atoms with van der Waals surface area (Å²) in [6.07, 6.45) is 5.37. The van der Waals surface area contributed by atoms with Crippen LogP contribution in [0.1, 0.15) is 45.1 Å². The van der Waals surface area contributed by atoms with E-state index in [9.17, 15) is 0 Å². The minimum Gasteiger partial charge on any atom is -0.382 e. The molecule has 1 aliphatic carbocycles. The van der Waals surface area contributed by atoms with Gasteiger partial charge in [-0.2, -0.15) is 0 Å². The van der Waals surface area contributed by atoms with E-state index < -0.39 is 0 Å². The summed E-state index contributed by atoms with van der Waals surface area (Å²) in [5.41, 5.74) is 2.31. The average molecular weight is 266 g/mol. The van der Waals surface area contributed by atoms with Crippen molar-refractivity contribution in [1.29, 1.82) is 0 Å². The van der Waals surface area contributed by atoms with Crippen LogP contribution in [0.15, 0.2) is 18.2 Å². The molecule has 1 saturated carbocycles. The number of nitrogens with one attached hydrogen (secondary N) is 1. The second-order valence-corrected chi connectivity index (χ2v) is 6.31. The lowest BCUT2D eigenvalue weighted by atomic mass is 9.78. The number of anilines is 1. The van der Waals surface area contributed by atoms with Crippen LogP contribution in [0.5, 0.6) is 0 Å². The highest BCUT2D eigenvalue weighted by Crippen LogP contribution is 2.33. The van der Waals surface area contributed by atoms with Gasteiger partial charge in [-0.15, -0.1) is 0 Å². The maximum atomic E-state index is 6.19. The fourth-order valence-corrected chi connectivity index (χ4v) is 3.21. The molecule has 0 amide bonds. The van der Waals surface area contributed by atoms with Crippen LogP contribution in [-0.2, 0) is 0 Å². The lowest BCUT2D eigenvalue weighted by Crippen LogP contribution is -2.35. The fourth-order valence-electron chi connectivity index (χ4n) is 3.03. The van der Waals surface area contributed by atoms with Gasteiger partial charge < -0.3 is 5.32 Å². The number of hydrogen-bond donors (Lipinski definition) is 1. The Hall–Kier alpha value is -0.690. The van der Waals surface area contributed by atoms with Gasteiger partial charge in [-0.25, -0.2) is 0 Å². The van der Waals surface area contributed by atoms with Crippen LogP contribution in [0.25, 0.3) is 0 Å². The number of benzene rings is 1. The van der Waals surface area contributed by atoms with Gasteiger partial charge in [-0.3, -0.25) is 0 Å². The summed E-state index contributed by atoms with van der Waals surface area (Å²) in [7, 11) is 0. The molecule has 1 fully saturated rings. The zero-order chi connectivity index (χ0) is 13.1. The summed E-state index contributed by atoms with van der Waals surface area (Å²) in [6.45, 7) is 6.73. The van der Waals surface area contributed by atoms with Gasteiger partial charge in [0.15, 0.2) is 0 Å². The number of hydrogen-bond acceptors (Lipinski definition) is 1. The first-order valence-electron chi connectivity index (χ1n) is 7.10. The summed E-state index contributed by atoms with van der Waals surface area (Å²) in [5.74, 6) is 1.54. The second-order valence-electron chi connectivity index (χ2n) is 5.91. The molecule has 100 valence electrons.